The summed E-state index contributed by atoms with van der Waals surface area (Å²) in [7, 11) is 0. The summed E-state index contributed by atoms with van der Waals surface area (Å²) < 4.78 is 39.5. The highest BCUT2D eigenvalue weighted by atomic mass is 16.8. The molecule has 50 heavy (non-hydrogen) atoms. The van der Waals surface area contributed by atoms with E-state index in [0.717, 1.165) is 13.8 Å². The van der Waals surface area contributed by atoms with E-state index < -0.39 is 154 Å². The first-order valence-corrected chi connectivity index (χ1v) is 15.9. The Labute approximate surface area is 285 Å². The Hall–Kier alpha value is -1.78. The zero-order valence-electron chi connectivity index (χ0n) is 27.3. The topological polar surface area (TPSA) is 345 Å². The van der Waals surface area contributed by atoms with Gasteiger partial charge in [0.1, 0.15) is 91.4 Å². The number of amides is 2. The molecule has 4 aliphatic rings. The summed E-state index contributed by atoms with van der Waals surface area (Å²) in [5.74, 6) is -1.41. The molecule has 4 saturated heterocycles. The van der Waals surface area contributed by atoms with Crippen molar-refractivity contribution in [2.75, 3.05) is 19.8 Å². The number of hydrogen-bond donors (Lipinski definition) is 13. The van der Waals surface area contributed by atoms with E-state index in [9.17, 15) is 65.8 Å². The van der Waals surface area contributed by atoms with Gasteiger partial charge < -0.3 is 100.0 Å². The molecule has 0 spiro atoms. The maximum absolute atomic E-state index is 12.3. The van der Waals surface area contributed by atoms with Crippen molar-refractivity contribution in [1.82, 2.24) is 10.6 Å². The first-order valence-electron chi connectivity index (χ1n) is 15.9. The molecule has 0 radical (unpaired) electrons. The molecule has 22 nitrogen and oxygen atoms in total. The lowest BCUT2D eigenvalue weighted by Gasteiger charge is -2.49. The fourth-order valence-electron chi connectivity index (χ4n) is 6.20. The second kappa shape index (κ2) is 17.4. The van der Waals surface area contributed by atoms with Crippen LogP contribution in [0.4, 0.5) is 0 Å². The van der Waals surface area contributed by atoms with Gasteiger partial charge in [-0.2, -0.15) is 0 Å². The number of aliphatic hydroxyl groups excluding tert-OH is 11. The predicted molar refractivity (Wildman–Crippen MR) is 156 cm³/mol. The zero-order chi connectivity index (χ0) is 37.2. The molecule has 0 aromatic rings. The average Bonchev–Trinajstić information content (AvgIpc) is 3.06. The Morgan fingerprint density at radius 2 is 1.06 bits per heavy atom. The lowest BCUT2D eigenvalue weighted by molar-refractivity contribution is -0.363. The van der Waals surface area contributed by atoms with Crippen molar-refractivity contribution in [2.45, 2.75) is 143 Å². The second-order valence-electron chi connectivity index (χ2n) is 12.6. The maximum atomic E-state index is 12.3. The van der Waals surface area contributed by atoms with Gasteiger partial charge in [-0.3, -0.25) is 9.59 Å². The molecular formula is C28H48N2O20. The van der Waals surface area contributed by atoms with E-state index in [1.807, 2.05) is 0 Å². The minimum Gasteiger partial charge on any atom is -0.394 e. The first kappa shape index (κ1) is 41.0. The van der Waals surface area contributed by atoms with Crippen LogP contribution >= 0.6 is 0 Å². The smallest absolute Gasteiger partial charge is 0.217 e. The number of hydrogen-bond acceptors (Lipinski definition) is 20. The standard InChI is InChI=1S/C28H48N2O20/c1-7-15(35)19(39)21(41)27(45-7)44-6-12-24(17(37)13(25(43)46-12)29-8(2)33)49-26-14(30-9(3)34)18(38)23(11(5-32)48-26)50-28-22(42)20(40)16(36)10(4-31)47-28/h7,10-28,31-32,35-43H,4-6H2,1-3H3,(H,29,33)(H,30,34)/t7-,10+,11+,12+,13+,14+,15+,16+,17+,18+,19+,20-,21-,22-,23+,24+,25?,26-,27+,28-/m0/s1. The third-order valence-corrected chi connectivity index (χ3v) is 8.95. The SMILES string of the molecule is CC(=O)N[C@H]1[C@H](O[C@H]2[C@H](O)[C@@H](NC(C)=O)C(O)O[C@@H]2CO[C@@H]2O[C@@H](C)[C@@H](O)[C@@H](O)[C@@H]2O)O[C@H](CO)[C@@H](O[C@@H]2O[C@H](CO)[C@@H](O)[C@H](O)[C@@H]2O)[C@@H]1O. The summed E-state index contributed by atoms with van der Waals surface area (Å²) in [6.07, 6.45) is -29.6. The Bertz CT molecular complexity index is 1120. The Kier molecular flexibility index (Phi) is 14.2. The van der Waals surface area contributed by atoms with E-state index in [0.29, 0.717) is 0 Å². The van der Waals surface area contributed by atoms with Crippen LogP contribution in [0.1, 0.15) is 20.8 Å². The summed E-state index contributed by atoms with van der Waals surface area (Å²) in [5, 5.41) is 119. The fourth-order valence-corrected chi connectivity index (χ4v) is 6.20. The van der Waals surface area contributed by atoms with Crippen LogP contribution < -0.4 is 10.6 Å². The van der Waals surface area contributed by atoms with Crippen LogP contribution in [0.5, 0.6) is 0 Å². The largest absolute Gasteiger partial charge is 0.394 e. The molecule has 13 N–H and O–H groups in total. The van der Waals surface area contributed by atoms with Crippen molar-refractivity contribution in [1.29, 1.82) is 0 Å². The van der Waals surface area contributed by atoms with E-state index in [1.165, 1.54) is 6.92 Å². The number of aliphatic hydroxyl groups is 11. The molecule has 290 valence electrons. The molecule has 0 bridgehead atoms. The molecule has 4 heterocycles. The second-order valence-corrected chi connectivity index (χ2v) is 12.6. The molecule has 4 fully saturated rings. The number of rotatable bonds is 11. The lowest BCUT2D eigenvalue weighted by atomic mass is 9.94. The van der Waals surface area contributed by atoms with Crippen LogP contribution in [0.15, 0.2) is 0 Å². The van der Waals surface area contributed by atoms with Crippen molar-refractivity contribution in [2.24, 2.45) is 0 Å². The number of carbonyl (C=O) groups is 2. The van der Waals surface area contributed by atoms with E-state index in [-0.39, 0.29) is 0 Å². The van der Waals surface area contributed by atoms with Crippen LogP contribution in [-0.2, 0) is 42.7 Å². The Balaban J connectivity index is 1.58. The van der Waals surface area contributed by atoms with Gasteiger partial charge in [-0.1, -0.05) is 0 Å². The van der Waals surface area contributed by atoms with Crippen molar-refractivity contribution >= 4 is 11.8 Å². The zero-order valence-corrected chi connectivity index (χ0v) is 27.3. The summed E-state index contributed by atoms with van der Waals surface area (Å²) >= 11 is 0. The van der Waals surface area contributed by atoms with Crippen molar-refractivity contribution in [3.63, 3.8) is 0 Å². The van der Waals surface area contributed by atoms with Gasteiger partial charge in [0, 0.05) is 13.8 Å². The van der Waals surface area contributed by atoms with Gasteiger partial charge in [-0.25, -0.2) is 0 Å². The minimum absolute atomic E-state index is 0.630. The van der Waals surface area contributed by atoms with E-state index >= 15 is 0 Å². The van der Waals surface area contributed by atoms with E-state index in [2.05, 4.69) is 10.6 Å². The van der Waals surface area contributed by atoms with Crippen molar-refractivity contribution < 1.29 is 98.9 Å². The summed E-state index contributed by atoms with van der Waals surface area (Å²) in [6, 6.07) is -3.09. The molecule has 0 saturated carbocycles. The highest BCUT2D eigenvalue weighted by Gasteiger charge is 2.54. The highest BCUT2D eigenvalue weighted by molar-refractivity contribution is 5.73. The van der Waals surface area contributed by atoms with Crippen LogP contribution in [-0.4, -0.2) is 211 Å². The fraction of sp³-hybridized carbons (Fsp3) is 0.929. The quantitative estimate of drug-likeness (QED) is 0.0938. The van der Waals surface area contributed by atoms with Gasteiger partial charge in [0.15, 0.2) is 25.2 Å². The van der Waals surface area contributed by atoms with Crippen molar-refractivity contribution in [3.05, 3.63) is 0 Å². The third kappa shape index (κ3) is 8.87. The first-order chi connectivity index (χ1) is 23.5. The molecule has 0 aromatic carbocycles. The third-order valence-electron chi connectivity index (χ3n) is 8.95. The Morgan fingerprint density at radius 3 is 1.66 bits per heavy atom. The molecule has 1 unspecified atom stereocenters. The van der Waals surface area contributed by atoms with Crippen LogP contribution in [0, 0.1) is 0 Å². The van der Waals surface area contributed by atoms with Crippen molar-refractivity contribution in [3.8, 4) is 0 Å². The normalized spacial score (nSPS) is 48.5. The maximum Gasteiger partial charge on any atom is 0.217 e. The number of nitrogens with one attached hydrogen (secondary N) is 2. The molecule has 4 rings (SSSR count). The van der Waals surface area contributed by atoms with Crippen LogP contribution in [0.2, 0.25) is 0 Å². The van der Waals surface area contributed by atoms with Gasteiger partial charge >= 0.3 is 0 Å². The summed E-state index contributed by atoms with van der Waals surface area (Å²) in [6.45, 7) is 1.27. The van der Waals surface area contributed by atoms with Gasteiger partial charge in [-0.15, -0.1) is 0 Å². The van der Waals surface area contributed by atoms with Gasteiger partial charge in [0.25, 0.3) is 0 Å². The van der Waals surface area contributed by atoms with E-state index in [1.54, 1.807) is 0 Å². The van der Waals surface area contributed by atoms with Gasteiger partial charge in [0.2, 0.25) is 11.8 Å². The minimum atomic E-state index is -1.90. The molecule has 0 aromatic heterocycles. The number of ether oxygens (including phenoxy) is 7. The summed E-state index contributed by atoms with van der Waals surface area (Å²) in [5.41, 5.74) is 0. The molecule has 2 amide bonds. The Morgan fingerprint density at radius 1 is 0.560 bits per heavy atom. The van der Waals surface area contributed by atoms with Crippen LogP contribution in [0.3, 0.4) is 0 Å². The molecule has 0 aliphatic carbocycles. The average molecular weight is 733 g/mol. The summed E-state index contributed by atoms with van der Waals surface area (Å²) in [4.78, 5) is 24.1. The predicted octanol–water partition coefficient (Wildman–Crippen LogP) is -8.43. The number of carbonyl (C=O) groups excluding carboxylic acids is 2. The monoisotopic (exact) mass is 732 g/mol. The van der Waals surface area contributed by atoms with E-state index in [4.69, 9.17) is 33.2 Å². The van der Waals surface area contributed by atoms with Gasteiger partial charge in [0.05, 0.1) is 25.9 Å². The van der Waals surface area contributed by atoms with Crippen LogP contribution in [0.25, 0.3) is 0 Å². The lowest BCUT2D eigenvalue weighted by Crippen LogP contribution is -2.70. The molecule has 20 atom stereocenters. The molecule has 4 aliphatic heterocycles. The highest BCUT2D eigenvalue weighted by Crippen LogP contribution is 2.33. The molecular weight excluding hydrogens is 684 g/mol. The van der Waals surface area contributed by atoms with Gasteiger partial charge in [-0.05, 0) is 6.92 Å². The molecule has 22 heteroatoms.